The predicted octanol–water partition coefficient (Wildman–Crippen LogP) is 2.79. The number of para-hydroxylation sites is 1. The Kier molecular flexibility index (Phi) is 5.13. The number of halogens is 1. The van der Waals surface area contributed by atoms with E-state index in [1.165, 1.54) is 6.07 Å². The van der Waals surface area contributed by atoms with Crippen molar-refractivity contribution >= 4 is 17.5 Å². The SMILES string of the molecule is O=C(Cc1ccccc1F)N1CCC2(CC1)CN(c1ccccc1)C(=O)CO2. The van der Waals surface area contributed by atoms with E-state index in [9.17, 15) is 14.0 Å². The summed E-state index contributed by atoms with van der Waals surface area (Å²) in [5.41, 5.74) is 0.856. The van der Waals surface area contributed by atoms with E-state index >= 15 is 0 Å². The van der Waals surface area contributed by atoms with Gasteiger partial charge in [-0.2, -0.15) is 0 Å². The lowest BCUT2D eigenvalue weighted by Crippen LogP contribution is -2.59. The molecule has 0 saturated carbocycles. The standard InChI is InChI=1S/C22H23FN2O3/c23-19-9-5-4-6-17(19)14-20(26)24-12-10-22(11-13-24)16-25(21(27)15-28-22)18-7-2-1-3-8-18/h1-9H,10-16H2. The van der Waals surface area contributed by atoms with Crippen LogP contribution in [0.15, 0.2) is 54.6 Å². The molecule has 0 unspecified atom stereocenters. The summed E-state index contributed by atoms with van der Waals surface area (Å²) in [6, 6.07) is 16.0. The normalized spacial score (nSPS) is 19.1. The summed E-state index contributed by atoms with van der Waals surface area (Å²) in [5.74, 6) is -0.474. The van der Waals surface area contributed by atoms with Gasteiger partial charge >= 0.3 is 0 Å². The van der Waals surface area contributed by atoms with Crippen molar-refractivity contribution in [2.45, 2.75) is 24.9 Å². The lowest BCUT2D eigenvalue weighted by atomic mass is 9.88. The summed E-state index contributed by atoms with van der Waals surface area (Å²) >= 11 is 0. The number of anilines is 1. The third-order valence-corrected chi connectivity index (χ3v) is 5.64. The molecule has 2 aliphatic rings. The second-order valence-corrected chi connectivity index (χ2v) is 7.44. The molecule has 2 aromatic carbocycles. The van der Waals surface area contributed by atoms with Crippen molar-refractivity contribution in [3.8, 4) is 0 Å². The maximum atomic E-state index is 13.8. The van der Waals surface area contributed by atoms with Crippen LogP contribution in [0.25, 0.3) is 0 Å². The molecule has 0 aliphatic carbocycles. The monoisotopic (exact) mass is 382 g/mol. The highest BCUT2D eigenvalue weighted by Gasteiger charge is 2.43. The molecule has 0 atom stereocenters. The number of hydrogen-bond acceptors (Lipinski definition) is 3. The fourth-order valence-corrected chi connectivity index (χ4v) is 3.94. The molecule has 5 nitrogen and oxygen atoms in total. The quantitative estimate of drug-likeness (QED) is 0.820. The van der Waals surface area contributed by atoms with Gasteiger partial charge in [0.2, 0.25) is 5.91 Å². The van der Waals surface area contributed by atoms with E-state index in [1.807, 2.05) is 30.3 Å². The highest BCUT2D eigenvalue weighted by atomic mass is 19.1. The van der Waals surface area contributed by atoms with Crippen LogP contribution < -0.4 is 4.90 Å². The number of benzene rings is 2. The van der Waals surface area contributed by atoms with Crippen LogP contribution >= 0.6 is 0 Å². The molecule has 2 fully saturated rings. The van der Waals surface area contributed by atoms with Crippen molar-refractivity contribution in [2.24, 2.45) is 0 Å². The molecule has 28 heavy (non-hydrogen) atoms. The van der Waals surface area contributed by atoms with E-state index in [0.29, 0.717) is 38.0 Å². The zero-order chi connectivity index (χ0) is 19.6. The van der Waals surface area contributed by atoms with Crippen LogP contribution in [0.3, 0.4) is 0 Å². The first kappa shape index (κ1) is 18.6. The van der Waals surface area contributed by atoms with Crippen LogP contribution in [0.5, 0.6) is 0 Å². The van der Waals surface area contributed by atoms with Crippen molar-refractivity contribution < 1.29 is 18.7 Å². The number of ether oxygens (including phenoxy) is 1. The van der Waals surface area contributed by atoms with Gasteiger partial charge in [0.25, 0.3) is 5.91 Å². The number of rotatable bonds is 3. The zero-order valence-corrected chi connectivity index (χ0v) is 15.6. The maximum Gasteiger partial charge on any atom is 0.253 e. The molecule has 0 N–H and O–H groups in total. The Labute approximate surface area is 163 Å². The molecule has 2 aromatic rings. The minimum absolute atomic E-state index is 0.0464. The fraction of sp³-hybridized carbons (Fsp3) is 0.364. The van der Waals surface area contributed by atoms with E-state index in [4.69, 9.17) is 4.74 Å². The van der Waals surface area contributed by atoms with Crippen LogP contribution in [0.1, 0.15) is 18.4 Å². The van der Waals surface area contributed by atoms with Crippen LogP contribution in [0, 0.1) is 5.82 Å². The summed E-state index contributed by atoms with van der Waals surface area (Å²) in [7, 11) is 0. The molecule has 2 heterocycles. The van der Waals surface area contributed by atoms with Gasteiger partial charge in [-0.15, -0.1) is 0 Å². The lowest BCUT2D eigenvalue weighted by molar-refractivity contribution is -0.150. The topological polar surface area (TPSA) is 49.9 Å². The molecule has 146 valence electrons. The Balaban J connectivity index is 1.40. The van der Waals surface area contributed by atoms with Gasteiger partial charge in [-0.1, -0.05) is 36.4 Å². The first-order valence-electron chi connectivity index (χ1n) is 9.57. The Morgan fingerprint density at radius 2 is 1.71 bits per heavy atom. The minimum atomic E-state index is -0.432. The summed E-state index contributed by atoms with van der Waals surface area (Å²) < 4.78 is 19.8. The van der Waals surface area contributed by atoms with E-state index in [-0.39, 0.29) is 30.7 Å². The molecule has 2 aliphatic heterocycles. The summed E-state index contributed by atoms with van der Waals surface area (Å²) in [4.78, 5) is 28.5. The van der Waals surface area contributed by atoms with E-state index in [2.05, 4.69) is 0 Å². The van der Waals surface area contributed by atoms with Crippen molar-refractivity contribution in [1.29, 1.82) is 0 Å². The minimum Gasteiger partial charge on any atom is -0.363 e. The van der Waals surface area contributed by atoms with Gasteiger partial charge in [-0.05, 0) is 36.6 Å². The first-order chi connectivity index (χ1) is 13.6. The van der Waals surface area contributed by atoms with Gasteiger partial charge in [0.05, 0.1) is 18.6 Å². The number of hydrogen-bond donors (Lipinski definition) is 0. The lowest BCUT2D eigenvalue weighted by Gasteiger charge is -2.47. The summed E-state index contributed by atoms with van der Waals surface area (Å²) in [6.45, 7) is 1.64. The average Bonchev–Trinajstić information content (AvgIpc) is 2.73. The average molecular weight is 382 g/mol. The molecule has 0 bridgehead atoms. The van der Waals surface area contributed by atoms with Crippen molar-refractivity contribution in [3.05, 3.63) is 66.0 Å². The number of piperidine rings is 1. The van der Waals surface area contributed by atoms with Gasteiger partial charge in [0, 0.05) is 18.8 Å². The van der Waals surface area contributed by atoms with Crippen molar-refractivity contribution in [2.75, 3.05) is 31.1 Å². The highest BCUT2D eigenvalue weighted by molar-refractivity contribution is 5.95. The number of nitrogens with zero attached hydrogens (tertiary/aromatic N) is 2. The number of carbonyl (C=O) groups excluding carboxylic acids is 2. The largest absolute Gasteiger partial charge is 0.363 e. The van der Waals surface area contributed by atoms with Crippen LogP contribution in [-0.2, 0) is 20.7 Å². The molecule has 6 heteroatoms. The smallest absolute Gasteiger partial charge is 0.253 e. The summed E-state index contributed by atoms with van der Waals surface area (Å²) in [5, 5.41) is 0. The van der Waals surface area contributed by atoms with Crippen LogP contribution in [0.2, 0.25) is 0 Å². The van der Waals surface area contributed by atoms with Crippen LogP contribution in [0.4, 0.5) is 10.1 Å². The molecule has 2 saturated heterocycles. The maximum absolute atomic E-state index is 13.8. The molecule has 1 spiro atoms. The van der Waals surface area contributed by atoms with Gasteiger partial charge in [-0.25, -0.2) is 4.39 Å². The number of amides is 2. The third kappa shape index (κ3) is 3.78. The van der Waals surface area contributed by atoms with E-state index in [0.717, 1.165) is 5.69 Å². The molecule has 0 radical (unpaired) electrons. The van der Waals surface area contributed by atoms with Gasteiger partial charge in [0.1, 0.15) is 12.4 Å². The van der Waals surface area contributed by atoms with E-state index in [1.54, 1.807) is 28.0 Å². The molecular weight excluding hydrogens is 359 g/mol. The highest BCUT2D eigenvalue weighted by Crippen LogP contribution is 2.33. The zero-order valence-electron chi connectivity index (χ0n) is 15.6. The Hall–Kier alpha value is -2.73. The predicted molar refractivity (Wildman–Crippen MR) is 103 cm³/mol. The second kappa shape index (κ2) is 7.72. The molecule has 2 amide bonds. The second-order valence-electron chi connectivity index (χ2n) is 7.44. The van der Waals surface area contributed by atoms with E-state index < -0.39 is 5.60 Å². The molecule has 4 rings (SSSR count). The first-order valence-corrected chi connectivity index (χ1v) is 9.57. The van der Waals surface area contributed by atoms with Gasteiger partial charge < -0.3 is 14.5 Å². The Bertz CT molecular complexity index is 863. The van der Waals surface area contributed by atoms with Crippen molar-refractivity contribution in [3.63, 3.8) is 0 Å². The molecular formula is C22H23FN2O3. The Morgan fingerprint density at radius 1 is 1.04 bits per heavy atom. The molecule has 0 aromatic heterocycles. The Morgan fingerprint density at radius 3 is 2.43 bits per heavy atom. The van der Waals surface area contributed by atoms with Gasteiger partial charge in [0.15, 0.2) is 0 Å². The number of carbonyl (C=O) groups is 2. The summed E-state index contributed by atoms with van der Waals surface area (Å²) in [6.07, 6.45) is 1.38. The van der Waals surface area contributed by atoms with Crippen molar-refractivity contribution in [1.82, 2.24) is 4.90 Å². The number of likely N-dealkylation sites (tertiary alicyclic amines) is 1. The number of morpholine rings is 1. The fourth-order valence-electron chi connectivity index (χ4n) is 3.94. The third-order valence-electron chi connectivity index (χ3n) is 5.64. The van der Waals surface area contributed by atoms with Crippen LogP contribution in [-0.4, -0.2) is 48.6 Å². The van der Waals surface area contributed by atoms with Gasteiger partial charge in [-0.3, -0.25) is 9.59 Å².